The first-order valence-corrected chi connectivity index (χ1v) is 11.0. The highest BCUT2D eigenvalue weighted by molar-refractivity contribution is 6.46. The van der Waals surface area contributed by atoms with Gasteiger partial charge in [0.1, 0.15) is 17.3 Å². The molecule has 0 bridgehead atoms. The average Bonchev–Trinajstić information content (AvgIpc) is 3.09. The van der Waals surface area contributed by atoms with E-state index in [1.54, 1.807) is 24.3 Å². The van der Waals surface area contributed by atoms with Crippen molar-refractivity contribution in [2.75, 3.05) is 46.5 Å². The number of halogens is 1. The molecule has 2 fully saturated rings. The predicted octanol–water partition coefficient (Wildman–Crippen LogP) is 2.81. The fraction of sp³-hybridized carbons (Fsp3) is 0.333. The molecule has 33 heavy (non-hydrogen) atoms. The normalized spacial score (nSPS) is 20.9. The van der Waals surface area contributed by atoms with Gasteiger partial charge in [0.25, 0.3) is 11.7 Å². The van der Waals surface area contributed by atoms with Gasteiger partial charge in [-0.2, -0.15) is 0 Å². The van der Waals surface area contributed by atoms with Crippen LogP contribution in [-0.2, 0) is 14.3 Å². The number of aliphatic hydroxyl groups excluding tert-OH is 1. The first-order chi connectivity index (χ1) is 15.9. The number of phenolic OH excluding ortho intramolecular Hbond substituents is 1. The molecule has 1 atom stereocenters. The third-order valence-electron chi connectivity index (χ3n) is 5.95. The zero-order valence-electron chi connectivity index (χ0n) is 18.2. The average molecular weight is 473 g/mol. The van der Waals surface area contributed by atoms with Gasteiger partial charge in [-0.25, -0.2) is 0 Å². The van der Waals surface area contributed by atoms with Crippen LogP contribution in [0.3, 0.4) is 0 Å². The number of phenols is 1. The van der Waals surface area contributed by atoms with Gasteiger partial charge in [-0.05, 0) is 24.3 Å². The molecule has 2 aliphatic heterocycles. The van der Waals surface area contributed by atoms with E-state index in [1.165, 1.54) is 30.2 Å². The maximum atomic E-state index is 13.2. The Labute approximate surface area is 196 Å². The maximum Gasteiger partial charge on any atom is 0.295 e. The van der Waals surface area contributed by atoms with Crippen LogP contribution in [0.5, 0.6) is 11.5 Å². The van der Waals surface area contributed by atoms with Crippen molar-refractivity contribution >= 4 is 29.1 Å². The van der Waals surface area contributed by atoms with Gasteiger partial charge in [-0.3, -0.25) is 14.5 Å². The van der Waals surface area contributed by atoms with Gasteiger partial charge in [0.15, 0.2) is 0 Å². The number of nitrogens with zero attached hydrogens (tertiary/aromatic N) is 2. The monoisotopic (exact) mass is 472 g/mol. The lowest BCUT2D eigenvalue weighted by molar-refractivity contribution is -0.140. The van der Waals surface area contributed by atoms with Gasteiger partial charge >= 0.3 is 0 Å². The number of Topliss-reactive ketones (excluding diaryl/α,β-unsaturated/α-hetero) is 1. The van der Waals surface area contributed by atoms with Crippen molar-refractivity contribution in [3.05, 3.63) is 64.2 Å². The number of rotatable bonds is 6. The molecule has 2 N–H and O–H groups in total. The van der Waals surface area contributed by atoms with E-state index in [9.17, 15) is 19.8 Å². The van der Waals surface area contributed by atoms with Crippen molar-refractivity contribution in [3.63, 3.8) is 0 Å². The summed E-state index contributed by atoms with van der Waals surface area (Å²) >= 11 is 6.06. The molecule has 0 radical (unpaired) electrons. The minimum absolute atomic E-state index is 0.0198. The number of hydrogen-bond acceptors (Lipinski definition) is 7. The Morgan fingerprint density at radius 3 is 2.61 bits per heavy atom. The summed E-state index contributed by atoms with van der Waals surface area (Å²) in [6.07, 6.45) is 0. The molecule has 8 nitrogen and oxygen atoms in total. The van der Waals surface area contributed by atoms with Crippen LogP contribution in [-0.4, -0.2) is 78.2 Å². The fourth-order valence-corrected chi connectivity index (χ4v) is 4.42. The van der Waals surface area contributed by atoms with Crippen LogP contribution in [0.4, 0.5) is 0 Å². The molecule has 9 heteroatoms. The Kier molecular flexibility index (Phi) is 6.88. The quantitative estimate of drug-likeness (QED) is 0.379. The van der Waals surface area contributed by atoms with Crippen LogP contribution in [0, 0.1) is 0 Å². The number of ether oxygens (including phenoxy) is 2. The highest BCUT2D eigenvalue weighted by Crippen LogP contribution is 2.43. The second kappa shape index (κ2) is 9.82. The summed E-state index contributed by atoms with van der Waals surface area (Å²) in [7, 11) is 1.50. The number of ketones is 1. The number of aromatic hydroxyl groups is 1. The summed E-state index contributed by atoms with van der Waals surface area (Å²) in [5, 5.41) is 21.7. The molecule has 1 amide bonds. The number of carbonyl (C=O) groups excluding carboxylic acids is 2. The number of para-hydroxylation sites is 1. The molecule has 2 aromatic rings. The number of aliphatic hydroxyl groups is 1. The van der Waals surface area contributed by atoms with Crippen LogP contribution >= 0.6 is 11.6 Å². The summed E-state index contributed by atoms with van der Waals surface area (Å²) in [6.45, 7) is 3.51. The SMILES string of the molecule is COc1ccccc1C1/C(=C(\O)c2cc(Cl)ccc2O)C(=O)C(=O)N1CCN1CCOCC1. The molecule has 0 saturated carbocycles. The van der Waals surface area contributed by atoms with E-state index in [1.807, 2.05) is 0 Å². The maximum absolute atomic E-state index is 13.2. The number of hydrogen-bond donors (Lipinski definition) is 2. The smallest absolute Gasteiger partial charge is 0.295 e. The minimum atomic E-state index is -0.888. The minimum Gasteiger partial charge on any atom is -0.507 e. The lowest BCUT2D eigenvalue weighted by atomic mass is 9.94. The van der Waals surface area contributed by atoms with Gasteiger partial charge in [-0.1, -0.05) is 29.8 Å². The molecule has 1 unspecified atom stereocenters. The molecule has 2 heterocycles. The van der Waals surface area contributed by atoms with Gasteiger partial charge in [-0.15, -0.1) is 0 Å². The zero-order chi connectivity index (χ0) is 23.5. The molecule has 0 aromatic heterocycles. The summed E-state index contributed by atoms with van der Waals surface area (Å²) in [4.78, 5) is 29.9. The Bertz CT molecular complexity index is 1100. The molecule has 2 aromatic carbocycles. The van der Waals surface area contributed by atoms with Gasteiger partial charge in [0, 0.05) is 36.8 Å². The summed E-state index contributed by atoms with van der Waals surface area (Å²) in [5.74, 6) is -1.82. The van der Waals surface area contributed by atoms with Crippen molar-refractivity contribution < 1.29 is 29.3 Å². The first kappa shape index (κ1) is 23.1. The third-order valence-corrected chi connectivity index (χ3v) is 6.18. The number of benzene rings is 2. The van der Waals surface area contributed by atoms with E-state index in [0.717, 1.165) is 13.1 Å². The lowest BCUT2D eigenvalue weighted by Crippen LogP contribution is -2.42. The number of amides is 1. The largest absolute Gasteiger partial charge is 0.507 e. The molecular formula is C24H25ClN2O6. The number of likely N-dealkylation sites (tertiary alicyclic amines) is 1. The number of methoxy groups -OCH3 is 1. The lowest BCUT2D eigenvalue weighted by Gasteiger charge is -2.31. The van der Waals surface area contributed by atoms with Crippen molar-refractivity contribution in [1.29, 1.82) is 0 Å². The molecular weight excluding hydrogens is 448 g/mol. The van der Waals surface area contributed by atoms with E-state index < -0.39 is 23.5 Å². The van der Waals surface area contributed by atoms with Crippen molar-refractivity contribution in [3.8, 4) is 11.5 Å². The van der Waals surface area contributed by atoms with Crippen LogP contribution in [0.15, 0.2) is 48.0 Å². The second-order valence-corrected chi connectivity index (χ2v) is 8.29. The summed E-state index contributed by atoms with van der Waals surface area (Å²) in [5.41, 5.74) is 0.418. The Hall–Kier alpha value is -3.07. The van der Waals surface area contributed by atoms with Gasteiger partial charge < -0.3 is 24.6 Å². The standard InChI is InChI=1S/C24H25ClN2O6/c1-32-19-5-3-2-4-16(19)21-20(22(29)17-14-15(25)6-7-18(17)28)23(30)24(31)27(21)9-8-26-10-12-33-13-11-26/h2-7,14,21,28-29H,8-13H2,1H3/b22-20+. The van der Waals surface area contributed by atoms with Crippen molar-refractivity contribution in [2.24, 2.45) is 0 Å². The molecule has 174 valence electrons. The van der Waals surface area contributed by atoms with E-state index in [0.29, 0.717) is 31.1 Å². The van der Waals surface area contributed by atoms with E-state index in [-0.39, 0.29) is 28.5 Å². The van der Waals surface area contributed by atoms with Gasteiger partial charge in [0.2, 0.25) is 0 Å². The molecule has 4 rings (SSSR count). The summed E-state index contributed by atoms with van der Waals surface area (Å²) < 4.78 is 10.9. The predicted molar refractivity (Wildman–Crippen MR) is 122 cm³/mol. The first-order valence-electron chi connectivity index (χ1n) is 10.6. The fourth-order valence-electron chi connectivity index (χ4n) is 4.24. The Balaban J connectivity index is 1.81. The second-order valence-electron chi connectivity index (χ2n) is 7.85. The topological polar surface area (TPSA) is 99.5 Å². The Morgan fingerprint density at radius 1 is 1.15 bits per heavy atom. The molecule has 0 spiro atoms. The Morgan fingerprint density at radius 2 is 1.88 bits per heavy atom. The van der Waals surface area contributed by atoms with Crippen LogP contribution in [0.1, 0.15) is 17.2 Å². The third kappa shape index (κ3) is 4.55. The highest BCUT2D eigenvalue weighted by Gasteiger charge is 2.47. The number of carbonyl (C=O) groups is 2. The van der Waals surface area contributed by atoms with Crippen molar-refractivity contribution in [2.45, 2.75) is 6.04 Å². The van der Waals surface area contributed by atoms with Crippen molar-refractivity contribution in [1.82, 2.24) is 9.80 Å². The van der Waals surface area contributed by atoms with Gasteiger partial charge in [0.05, 0.1) is 37.5 Å². The van der Waals surface area contributed by atoms with E-state index in [2.05, 4.69) is 4.90 Å². The molecule has 0 aliphatic carbocycles. The molecule has 2 saturated heterocycles. The summed E-state index contributed by atoms with van der Waals surface area (Å²) in [6, 6.07) is 10.3. The van der Waals surface area contributed by atoms with Crippen LogP contribution in [0.2, 0.25) is 5.02 Å². The zero-order valence-corrected chi connectivity index (χ0v) is 18.9. The number of morpholine rings is 1. The molecule has 2 aliphatic rings. The van der Waals surface area contributed by atoms with Crippen LogP contribution < -0.4 is 4.74 Å². The van der Waals surface area contributed by atoms with E-state index in [4.69, 9.17) is 21.1 Å². The van der Waals surface area contributed by atoms with Crippen LogP contribution in [0.25, 0.3) is 5.76 Å². The highest BCUT2D eigenvalue weighted by atomic mass is 35.5. The van der Waals surface area contributed by atoms with E-state index >= 15 is 0 Å².